The van der Waals surface area contributed by atoms with Gasteiger partial charge in [0.05, 0.1) is 12.6 Å². The Morgan fingerprint density at radius 3 is 2.76 bits per heavy atom. The summed E-state index contributed by atoms with van der Waals surface area (Å²) >= 11 is 0. The Balaban J connectivity index is 2.62. The van der Waals surface area contributed by atoms with Gasteiger partial charge in [-0.15, -0.1) is 0 Å². The molecule has 1 aromatic heterocycles. The minimum absolute atomic E-state index is 0.103. The van der Waals surface area contributed by atoms with E-state index in [0.29, 0.717) is 18.7 Å². The van der Waals surface area contributed by atoms with Gasteiger partial charge in [-0.2, -0.15) is 0 Å². The van der Waals surface area contributed by atoms with Gasteiger partial charge in [-0.25, -0.2) is 13.1 Å². The van der Waals surface area contributed by atoms with Crippen molar-refractivity contribution < 1.29 is 17.9 Å². The van der Waals surface area contributed by atoms with E-state index in [1.165, 1.54) is 6.07 Å². The van der Waals surface area contributed by atoms with E-state index in [2.05, 4.69) is 10.0 Å². The van der Waals surface area contributed by atoms with Crippen LogP contribution in [0, 0.1) is 0 Å². The molecular weight excluding hydrogens is 244 g/mol. The number of nitrogens with one attached hydrogen (secondary N) is 2. The van der Waals surface area contributed by atoms with Crippen LogP contribution in [-0.4, -0.2) is 33.2 Å². The van der Waals surface area contributed by atoms with Crippen LogP contribution < -0.4 is 10.0 Å². The fraction of sp³-hybridized carbons (Fsp3) is 0.600. The molecule has 0 aromatic carbocycles. The molecule has 17 heavy (non-hydrogen) atoms. The van der Waals surface area contributed by atoms with Crippen molar-refractivity contribution >= 4 is 10.0 Å². The molecule has 0 saturated heterocycles. The number of rotatable bonds is 7. The molecule has 0 saturated carbocycles. The van der Waals surface area contributed by atoms with E-state index in [4.69, 9.17) is 9.52 Å². The van der Waals surface area contributed by atoms with Gasteiger partial charge in [0.25, 0.3) is 10.0 Å². The highest BCUT2D eigenvalue weighted by molar-refractivity contribution is 7.89. The maximum Gasteiger partial charge on any atom is 0.273 e. The molecule has 0 aliphatic carbocycles. The van der Waals surface area contributed by atoms with E-state index < -0.39 is 16.1 Å². The lowest BCUT2D eigenvalue weighted by atomic mass is 10.3. The minimum atomic E-state index is -3.61. The third kappa shape index (κ3) is 4.47. The van der Waals surface area contributed by atoms with E-state index >= 15 is 0 Å². The number of hydrogen-bond donors (Lipinski definition) is 3. The van der Waals surface area contributed by atoms with Gasteiger partial charge in [0.15, 0.2) is 0 Å². The first kappa shape index (κ1) is 14.2. The summed E-state index contributed by atoms with van der Waals surface area (Å²) in [6.07, 6.45) is -0.169. The summed E-state index contributed by atoms with van der Waals surface area (Å²) in [6, 6.07) is 3.02. The number of aliphatic hydroxyl groups is 1. The summed E-state index contributed by atoms with van der Waals surface area (Å²) in [7, 11) is -1.86. The van der Waals surface area contributed by atoms with Crippen molar-refractivity contribution in [3.8, 4) is 0 Å². The maximum absolute atomic E-state index is 11.7. The Labute approximate surface area is 101 Å². The standard InChI is InChI=1S/C10H18N2O4S/c1-8(13)5-6-12-17(14,15)10-4-3-9(16-10)7-11-2/h3-4,8,11-13H,5-7H2,1-2H3. The van der Waals surface area contributed by atoms with Crippen molar-refractivity contribution in [2.75, 3.05) is 13.6 Å². The smallest absolute Gasteiger partial charge is 0.273 e. The van der Waals surface area contributed by atoms with E-state index in [9.17, 15) is 8.42 Å². The number of sulfonamides is 1. The molecule has 0 bridgehead atoms. The largest absolute Gasteiger partial charge is 0.447 e. The lowest BCUT2D eigenvalue weighted by Crippen LogP contribution is -2.26. The highest BCUT2D eigenvalue weighted by Crippen LogP contribution is 2.13. The summed E-state index contributed by atoms with van der Waals surface area (Å²) < 4.78 is 31.0. The van der Waals surface area contributed by atoms with Crippen molar-refractivity contribution in [2.24, 2.45) is 0 Å². The first-order valence-corrected chi connectivity index (χ1v) is 6.85. The summed E-state index contributed by atoms with van der Waals surface area (Å²) in [5.74, 6) is 0.559. The minimum Gasteiger partial charge on any atom is -0.447 e. The molecule has 1 heterocycles. The van der Waals surface area contributed by atoms with Gasteiger partial charge < -0.3 is 14.8 Å². The van der Waals surface area contributed by atoms with E-state index in [1.54, 1.807) is 20.0 Å². The van der Waals surface area contributed by atoms with Gasteiger partial charge in [-0.3, -0.25) is 0 Å². The van der Waals surface area contributed by atoms with Crippen LogP contribution >= 0.6 is 0 Å². The van der Waals surface area contributed by atoms with Crippen LogP contribution in [0.3, 0.4) is 0 Å². The fourth-order valence-corrected chi connectivity index (χ4v) is 2.24. The predicted molar refractivity (Wildman–Crippen MR) is 63.0 cm³/mol. The van der Waals surface area contributed by atoms with Gasteiger partial charge in [0, 0.05) is 6.54 Å². The van der Waals surface area contributed by atoms with Crippen LogP contribution in [-0.2, 0) is 16.6 Å². The van der Waals surface area contributed by atoms with Crippen molar-refractivity contribution in [1.29, 1.82) is 0 Å². The summed E-state index contributed by atoms with van der Waals surface area (Å²) in [6.45, 7) is 2.26. The van der Waals surface area contributed by atoms with Crippen LogP contribution in [0.2, 0.25) is 0 Å². The van der Waals surface area contributed by atoms with E-state index in [0.717, 1.165) is 0 Å². The SMILES string of the molecule is CNCc1ccc(S(=O)(=O)NCCC(C)O)o1. The Bertz CT molecular complexity index is 439. The monoisotopic (exact) mass is 262 g/mol. The molecule has 7 heteroatoms. The van der Waals surface area contributed by atoms with Gasteiger partial charge in [0.2, 0.25) is 5.09 Å². The molecule has 1 rings (SSSR count). The topological polar surface area (TPSA) is 91.6 Å². The number of aliphatic hydroxyl groups excluding tert-OH is 1. The van der Waals surface area contributed by atoms with E-state index in [-0.39, 0.29) is 11.6 Å². The average Bonchev–Trinajstić information content (AvgIpc) is 2.66. The van der Waals surface area contributed by atoms with Gasteiger partial charge in [-0.05, 0) is 32.5 Å². The molecular formula is C10H18N2O4S. The first-order chi connectivity index (χ1) is 7.95. The van der Waals surface area contributed by atoms with Crippen LogP contribution in [0.25, 0.3) is 0 Å². The van der Waals surface area contributed by atoms with Crippen LogP contribution in [0.1, 0.15) is 19.1 Å². The molecule has 0 aliphatic heterocycles. The zero-order chi connectivity index (χ0) is 12.9. The molecule has 0 amide bonds. The van der Waals surface area contributed by atoms with Gasteiger partial charge in [-0.1, -0.05) is 0 Å². The lowest BCUT2D eigenvalue weighted by Gasteiger charge is -2.05. The number of hydrogen-bond acceptors (Lipinski definition) is 5. The first-order valence-electron chi connectivity index (χ1n) is 5.36. The summed E-state index contributed by atoms with van der Waals surface area (Å²) in [4.78, 5) is 0. The zero-order valence-corrected chi connectivity index (χ0v) is 10.8. The van der Waals surface area contributed by atoms with Crippen molar-refractivity contribution in [2.45, 2.75) is 31.1 Å². The molecule has 6 nitrogen and oxygen atoms in total. The maximum atomic E-state index is 11.7. The van der Waals surface area contributed by atoms with Crippen LogP contribution in [0.4, 0.5) is 0 Å². The molecule has 0 aliphatic rings. The fourth-order valence-electron chi connectivity index (χ4n) is 1.25. The number of furan rings is 1. The molecule has 0 fully saturated rings. The Hall–Kier alpha value is -0.890. The highest BCUT2D eigenvalue weighted by Gasteiger charge is 2.18. The molecule has 1 aromatic rings. The van der Waals surface area contributed by atoms with Crippen LogP contribution in [0.5, 0.6) is 0 Å². The lowest BCUT2D eigenvalue weighted by molar-refractivity contribution is 0.186. The zero-order valence-electron chi connectivity index (χ0n) is 9.93. The van der Waals surface area contributed by atoms with Crippen molar-refractivity contribution in [3.63, 3.8) is 0 Å². The van der Waals surface area contributed by atoms with Gasteiger partial charge >= 0.3 is 0 Å². The second-order valence-corrected chi connectivity index (χ2v) is 5.48. The summed E-state index contributed by atoms with van der Waals surface area (Å²) in [5.41, 5.74) is 0. The second-order valence-electron chi connectivity index (χ2n) is 3.79. The van der Waals surface area contributed by atoms with Gasteiger partial charge in [0.1, 0.15) is 5.76 Å². The predicted octanol–water partition coefficient (Wildman–Crippen LogP) is 0.0482. The molecule has 1 unspecified atom stereocenters. The molecule has 3 N–H and O–H groups in total. The van der Waals surface area contributed by atoms with Crippen LogP contribution in [0.15, 0.2) is 21.6 Å². The Morgan fingerprint density at radius 1 is 1.47 bits per heavy atom. The third-order valence-electron chi connectivity index (χ3n) is 2.11. The normalized spacial score (nSPS) is 13.8. The second kappa shape index (κ2) is 6.15. The Morgan fingerprint density at radius 2 is 2.18 bits per heavy atom. The molecule has 98 valence electrons. The average molecular weight is 262 g/mol. The Kier molecular flexibility index (Phi) is 5.13. The van der Waals surface area contributed by atoms with E-state index in [1.807, 2.05) is 0 Å². The highest BCUT2D eigenvalue weighted by atomic mass is 32.2. The quantitative estimate of drug-likeness (QED) is 0.645. The van der Waals surface area contributed by atoms with Crippen molar-refractivity contribution in [1.82, 2.24) is 10.0 Å². The molecule has 1 atom stereocenters. The third-order valence-corrected chi connectivity index (χ3v) is 3.44. The molecule has 0 spiro atoms. The summed E-state index contributed by atoms with van der Waals surface area (Å²) in [5, 5.41) is 11.8. The molecule has 0 radical (unpaired) electrons. The van der Waals surface area contributed by atoms with Crippen molar-refractivity contribution in [3.05, 3.63) is 17.9 Å².